The van der Waals surface area contributed by atoms with Crippen LogP contribution in [0.5, 0.6) is 0 Å². The van der Waals surface area contributed by atoms with Crippen LogP contribution in [0, 0.1) is 0 Å². The fourth-order valence-electron chi connectivity index (χ4n) is 10.4. The number of hydrogen-bond acceptors (Lipinski definition) is 7. The van der Waals surface area contributed by atoms with Crippen molar-refractivity contribution in [2.75, 3.05) is 48.8 Å². The highest BCUT2D eigenvalue weighted by Crippen LogP contribution is 2.23. The Balaban J connectivity index is 1.23. The third-order valence-electron chi connectivity index (χ3n) is 15.4. The van der Waals surface area contributed by atoms with Gasteiger partial charge in [0.2, 0.25) is 35.4 Å². The second-order valence-corrected chi connectivity index (χ2v) is 20.8. The van der Waals surface area contributed by atoms with Crippen molar-refractivity contribution in [3.63, 3.8) is 0 Å². The quantitative estimate of drug-likeness (QED) is 0.0543. The number of likely N-dealkylation sites (N-methyl/N-ethyl adjacent to an activating group) is 6. The van der Waals surface area contributed by atoms with E-state index >= 15 is 19.2 Å². The Kier molecular flexibility index (Phi) is 22.3. The summed E-state index contributed by atoms with van der Waals surface area (Å²) < 4.78 is 0. The summed E-state index contributed by atoms with van der Waals surface area (Å²) >= 11 is 0. The largest absolute Gasteiger partial charge is 0.354 e. The van der Waals surface area contributed by atoms with Crippen molar-refractivity contribution < 1.29 is 28.8 Å². The average Bonchev–Trinajstić information content (AvgIpc) is 3.58. The standard InChI is InChI=1S/C68H77N7O6/c1-69-57(44-51-30-16-8-17-31-51)64(77)72(3)59(46-53-34-20-10-21-35-53)66(79)74(5)61(48-55-38-24-12-25-39-55)68(81)75(6)62(49-56-40-26-13-27-41-56)67(80)73(4)60(47-54-36-22-11-23-37-54)65(78)71(2)58(45-52-32-18-9-19-33-52)63(76)70-43-42-50-28-14-7-15-29-50/h7-41,57-62,69H,42-49H2,1-6H3,(H,70,76)/t57-,58-,59-,60-,61-,62-/m0/s1. The van der Waals surface area contributed by atoms with Gasteiger partial charge in [0.05, 0.1) is 6.04 Å². The molecule has 0 saturated carbocycles. The number of benzene rings is 7. The summed E-state index contributed by atoms with van der Waals surface area (Å²) in [5.41, 5.74) is 6.04. The highest BCUT2D eigenvalue weighted by atomic mass is 16.2. The van der Waals surface area contributed by atoms with E-state index in [0.717, 1.165) is 38.9 Å². The van der Waals surface area contributed by atoms with Gasteiger partial charge < -0.3 is 35.1 Å². The van der Waals surface area contributed by atoms with Gasteiger partial charge >= 0.3 is 0 Å². The first-order valence-corrected chi connectivity index (χ1v) is 27.8. The molecule has 7 rings (SSSR count). The van der Waals surface area contributed by atoms with E-state index in [4.69, 9.17) is 0 Å². The average molecular weight is 1090 g/mol. The summed E-state index contributed by atoms with van der Waals surface area (Å²) in [4.78, 5) is 98.6. The lowest BCUT2D eigenvalue weighted by molar-refractivity contribution is -0.155. The Bertz CT molecular complexity index is 3080. The van der Waals surface area contributed by atoms with E-state index in [1.54, 1.807) is 42.3 Å². The van der Waals surface area contributed by atoms with Crippen LogP contribution in [0.1, 0.15) is 38.9 Å². The number of carbonyl (C=O) groups excluding carboxylic acids is 6. The molecule has 13 heteroatoms. The second-order valence-electron chi connectivity index (χ2n) is 20.8. The minimum absolute atomic E-state index is 0.0746. The monoisotopic (exact) mass is 1090 g/mol. The molecule has 0 aliphatic rings. The van der Waals surface area contributed by atoms with E-state index in [-0.39, 0.29) is 43.9 Å². The van der Waals surface area contributed by atoms with E-state index in [0.29, 0.717) is 19.4 Å². The summed E-state index contributed by atoms with van der Waals surface area (Å²) in [5, 5.41) is 6.26. The molecule has 0 aliphatic carbocycles. The van der Waals surface area contributed by atoms with Gasteiger partial charge in [0.25, 0.3) is 0 Å². The van der Waals surface area contributed by atoms with Crippen LogP contribution in [0.15, 0.2) is 212 Å². The van der Waals surface area contributed by atoms with Gasteiger partial charge in [0.15, 0.2) is 0 Å². The van der Waals surface area contributed by atoms with Crippen molar-refractivity contribution in [2.45, 2.75) is 81.2 Å². The van der Waals surface area contributed by atoms with Crippen LogP contribution < -0.4 is 10.6 Å². The zero-order valence-corrected chi connectivity index (χ0v) is 47.5. The number of nitrogens with zero attached hydrogens (tertiary/aromatic N) is 5. The van der Waals surface area contributed by atoms with Crippen LogP contribution in [-0.4, -0.2) is 145 Å². The summed E-state index contributed by atoms with van der Waals surface area (Å²) in [6.07, 6.45) is 1.65. The molecule has 81 heavy (non-hydrogen) atoms. The van der Waals surface area contributed by atoms with Crippen LogP contribution in [0.3, 0.4) is 0 Å². The van der Waals surface area contributed by atoms with Crippen LogP contribution >= 0.6 is 0 Å². The Morgan fingerprint density at radius 1 is 0.309 bits per heavy atom. The van der Waals surface area contributed by atoms with Gasteiger partial charge in [-0.25, -0.2) is 0 Å². The van der Waals surface area contributed by atoms with Crippen molar-refractivity contribution in [1.29, 1.82) is 0 Å². The molecule has 0 fully saturated rings. The number of carbonyl (C=O) groups is 6. The highest BCUT2D eigenvalue weighted by Gasteiger charge is 2.42. The van der Waals surface area contributed by atoms with E-state index in [1.165, 1.54) is 24.5 Å². The number of amides is 6. The fourth-order valence-corrected chi connectivity index (χ4v) is 10.4. The van der Waals surface area contributed by atoms with E-state index in [9.17, 15) is 9.59 Å². The smallest absolute Gasteiger partial charge is 0.246 e. The Labute approximate surface area is 478 Å². The maximum atomic E-state index is 15.8. The predicted octanol–water partition coefficient (Wildman–Crippen LogP) is 7.52. The van der Waals surface area contributed by atoms with Crippen LogP contribution in [0.25, 0.3) is 0 Å². The summed E-state index contributed by atoms with van der Waals surface area (Å²) in [6, 6.07) is 60.7. The van der Waals surface area contributed by atoms with Crippen molar-refractivity contribution in [3.8, 4) is 0 Å². The van der Waals surface area contributed by atoms with Gasteiger partial charge in [-0.2, -0.15) is 0 Å². The Morgan fingerprint density at radius 3 is 0.802 bits per heavy atom. The van der Waals surface area contributed by atoms with Gasteiger partial charge in [-0.15, -0.1) is 0 Å². The third kappa shape index (κ3) is 16.7. The second kappa shape index (κ2) is 30.1. The Hall–Kier alpha value is -8.68. The van der Waals surface area contributed by atoms with Crippen molar-refractivity contribution in [1.82, 2.24) is 35.1 Å². The van der Waals surface area contributed by atoms with Gasteiger partial charge in [0, 0.05) is 73.9 Å². The first-order chi connectivity index (χ1) is 39.2. The first kappa shape index (κ1) is 60.0. The maximum Gasteiger partial charge on any atom is 0.246 e. The summed E-state index contributed by atoms with van der Waals surface area (Å²) in [5.74, 6) is -2.56. The molecule has 0 saturated heterocycles. The maximum absolute atomic E-state index is 15.8. The molecule has 0 heterocycles. The van der Waals surface area contributed by atoms with Gasteiger partial charge in [0.1, 0.15) is 30.2 Å². The predicted molar refractivity (Wildman–Crippen MR) is 320 cm³/mol. The zero-order chi connectivity index (χ0) is 57.7. The summed E-state index contributed by atoms with van der Waals surface area (Å²) in [7, 11) is 9.72. The zero-order valence-electron chi connectivity index (χ0n) is 47.5. The Morgan fingerprint density at radius 2 is 0.531 bits per heavy atom. The molecule has 0 aromatic heterocycles. The van der Waals surface area contributed by atoms with Crippen molar-refractivity contribution >= 4 is 35.4 Å². The summed E-state index contributed by atoms with van der Waals surface area (Å²) in [6.45, 7) is 0.351. The van der Waals surface area contributed by atoms with Gasteiger partial charge in [-0.3, -0.25) is 28.8 Å². The molecular formula is C68H77N7O6. The first-order valence-electron chi connectivity index (χ1n) is 27.8. The lowest BCUT2D eigenvalue weighted by Gasteiger charge is -2.40. The van der Waals surface area contributed by atoms with Crippen molar-refractivity contribution in [3.05, 3.63) is 251 Å². The van der Waals surface area contributed by atoms with E-state index < -0.39 is 59.9 Å². The topological polar surface area (TPSA) is 143 Å². The van der Waals surface area contributed by atoms with E-state index in [1.807, 2.05) is 212 Å². The number of hydrogen-bond donors (Lipinski definition) is 2. The SMILES string of the molecule is CN[C@@H](Cc1ccccc1)C(=O)N(C)[C@@H](Cc1ccccc1)C(=O)N(C)[C@@H](Cc1ccccc1)C(=O)N(C)[C@@H](Cc1ccccc1)C(=O)N(C)[C@@H](Cc1ccccc1)C(=O)N(C)[C@@H](Cc1ccccc1)C(=O)NCCc1ccccc1. The highest BCUT2D eigenvalue weighted by molar-refractivity contribution is 5.97. The molecule has 7 aromatic rings. The molecule has 6 amide bonds. The molecule has 0 radical (unpaired) electrons. The van der Waals surface area contributed by atoms with Crippen molar-refractivity contribution in [2.24, 2.45) is 0 Å². The number of rotatable bonds is 27. The molecule has 420 valence electrons. The fraction of sp³-hybridized carbons (Fsp3) is 0.294. The third-order valence-corrected chi connectivity index (χ3v) is 15.4. The van der Waals surface area contributed by atoms with Gasteiger partial charge in [-0.1, -0.05) is 212 Å². The molecule has 0 unspecified atom stereocenters. The minimum atomic E-state index is -1.18. The van der Waals surface area contributed by atoms with Crippen LogP contribution in [-0.2, 0) is 73.7 Å². The molecule has 13 nitrogen and oxygen atoms in total. The molecular weight excluding hydrogens is 1010 g/mol. The molecule has 0 spiro atoms. The number of nitrogens with one attached hydrogen (secondary N) is 2. The van der Waals surface area contributed by atoms with Crippen LogP contribution in [0.2, 0.25) is 0 Å². The molecule has 2 N–H and O–H groups in total. The lowest BCUT2D eigenvalue weighted by atomic mass is 9.97. The van der Waals surface area contributed by atoms with E-state index in [2.05, 4.69) is 10.6 Å². The van der Waals surface area contributed by atoms with Crippen LogP contribution in [0.4, 0.5) is 0 Å². The minimum Gasteiger partial charge on any atom is -0.354 e. The molecule has 7 aromatic carbocycles. The molecule has 0 aliphatic heterocycles. The molecule has 0 bridgehead atoms. The lowest BCUT2D eigenvalue weighted by Crippen LogP contribution is -2.61. The molecule has 6 atom stereocenters. The van der Waals surface area contributed by atoms with Gasteiger partial charge in [-0.05, 0) is 58.8 Å². The normalized spacial score (nSPS) is 13.3.